The highest BCUT2D eigenvalue weighted by atomic mass is 32.2. The van der Waals surface area contributed by atoms with Crippen LogP contribution in [0.25, 0.3) is 10.8 Å². The van der Waals surface area contributed by atoms with E-state index in [0.717, 1.165) is 33.4 Å². The van der Waals surface area contributed by atoms with E-state index in [1.807, 2.05) is 42.5 Å². The van der Waals surface area contributed by atoms with Crippen molar-refractivity contribution in [2.75, 3.05) is 14.2 Å². The Morgan fingerprint density at radius 1 is 0.917 bits per heavy atom. The fourth-order valence-corrected chi connectivity index (χ4v) is 3.23. The molecule has 0 saturated heterocycles. The third-order valence-corrected chi connectivity index (χ3v) is 4.68. The minimum Gasteiger partial charge on any atom is -0.496 e. The van der Waals surface area contributed by atoms with Gasteiger partial charge < -0.3 is 14.0 Å². The van der Waals surface area contributed by atoms with Gasteiger partial charge in [0.1, 0.15) is 11.5 Å². The zero-order valence-corrected chi connectivity index (χ0v) is 14.3. The first-order valence-corrected chi connectivity index (χ1v) is 8.57. The molecule has 0 fully saturated rings. The van der Waals surface area contributed by atoms with Crippen molar-refractivity contribution in [1.29, 1.82) is 0 Å². The molecule has 0 spiro atoms. The molecule has 0 aliphatic rings. The molecule has 3 aromatic carbocycles. The van der Waals surface area contributed by atoms with E-state index in [0.29, 0.717) is 11.3 Å². The van der Waals surface area contributed by atoms with Gasteiger partial charge in [-0.2, -0.15) is 0 Å². The molecular weight excluding hydrogens is 324 g/mol. The van der Waals surface area contributed by atoms with Crippen LogP contribution in [0.4, 0.5) is 0 Å². The molecule has 3 rings (SSSR count). The van der Waals surface area contributed by atoms with Gasteiger partial charge in [0, 0.05) is 10.8 Å². The lowest BCUT2D eigenvalue weighted by atomic mass is 9.97. The predicted octanol–water partition coefficient (Wildman–Crippen LogP) is 4.03. The summed E-state index contributed by atoms with van der Waals surface area (Å²) >= 11 is -1.95. The van der Waals surface area contributed by atoms with E-state index in [4.69, 9.17) is 14.0 Å². The summed E-state index contributed by atoms with van der Waals surface area (Å²) in [6.45, 7) is 0. The molecule has 124 valence electrons. The van der Waals surface area contributed by atoms with Crippen LogP contribution in [0.1, 0.15) is 11.1 Å². The van der Waals surface area contributed by atoms with Crippen LogP contribution in [0.5, 0.6) is 11.5 Å². The van der Waals surface area contributed by atoms with Gasteiger partial charge in [-0.1, -0.05) is 30.3 Å². The van der Waals surface area contributed by atoms with Crippen LogP contribution < -0.4 is 9.47 Å². The van der Waals surface area contributed by atoms with Crippen molar-refractivity contribution in [2.45, 2.75) is 11.3 Å². The lowest BCUT2D eigenvalue weighted by molar-refractivity contribution is 0.415. The SMILES string of the molecule is COc1ccc(Cc2ccc(S(=O)O)cc2)c2c(OC)cccc12. The van der Waals surface area contributed by atoms with Crippen LogP contribution in [0, 0.1) is 0 Å². The zero-order valence-electron chi connectivity index (χ0n) is 13.5. The summed E-state index contributed by atoms with van der Waals surface area (Å²) in [7, 11) is 3.31. The number of methoxy groups -OCH3 is 2. The summed E-state index contributed by atoms with van der Waals surface area (Å²) in [5.74, 6) is 1.60. The summed E-state index contributed by atoms with van der Waals surface area (Å²) in [5.41, 5.74) is 2.17. The Morgan fingerprint density at radius 2 is 1.62 bits per heavy atom. The molecule has 4 nitrogen and oxygen atoms in total. The van der Waals surface area contributed by atoms with E-state index in [1.165, 1.54) is 0 Å². The average Bonchev–Trinajstić information content (AvgIpc) is 2.61. The van der Waals surface area contributed by atoms with Gasteiger partial charge in [0.05, 0.1) is 19.1 Å². The smallest absolute Gasteiger partial charge is 0.186 e. The summed E-state index contributed by atoms with van der Waals surface area (Å²) in [4.78, 5) is 0.399. The maximum absolute atomic E-state index is 11.1. The standard InChI is InChI=1S/C19H18O4S/c1-22-17-11-8-14(19-16(17)4-3-5-18(19)23-2)12-13-6-9-15(10-7-13)24(20)21/h3-11H,12H2,1-2H3,(H,20,21). The van der Waals surface area contributed by atoms with Crippen molar-refractivity contribution < 1.29 is 18.2 Å². The maximum Gasteiger partial charge on any atom is 0.186 e. The molecule has 0 saturated carbocycles. The van der Waals surface area contributed by atoms with Crippen molar-refractivity contribution >= 4 is 21.9 Å². The molecular formula is C19H18O4S. The molecule has 0 aliphatic carbocycles. The topological polar surface area (TPSA) is 55.8 Å². The molecule has 3 aromatic rings. The van der Waals surface area contributed by atoms with Gasteiger partial charge in [-0.15, -0.1) is 0 Å². The zero-order chi connectivity index (χ0) is 17.1. The Balaban J connectivity index is 2.07. The number of fused-ring (bicyclic) bond motifs is 1. The molecule has 0 radical (unpaired) electrons. The first kappa shape index (κ1) is 16.5. The van der Waals surface area contributed by atoms with Crippen LogP contribution in [0.2, 0.25) is 0 Å². The van der Waals surface area contributed by atoms with E-state index < -0.39 is 11.1 Å². The molecule has 5 heteroatoms. The predicted molar refractivity (Wildman–Crippen MR) is 95.3 cm³/mol. The molecule has 0 aromatic heterocycles. The molecule has 0 heterocycles. The van der Waals surface area contributed by atoms with Crippen LogP contribution in [0.3, 0.4) is 0 Å². The summed E-state index contributed by atoms with van der Waals surface area (Å²) in [6, 6.07) is 17.0. The van der Waals surface area contributed by atoms with Crippen molar-refractivity contribution in [2.24, 2.45) is 0 Å². The second-order valence-corrected chi connectivity index (χ2v) is 6.35. The van der Waals surface area contributed by atoms with Crippen molar-refractivity contribution in [3.05, 3.63) is 65.7 Å². The average molecular weight is 342 g/mol. The van der Waals surface area contributed by atoms with Gasteiger partial charge in [-0.05, 0) is 41.8 Å². The van der Waals surface area contributed by atoms with E-state index in [-0.39, 0.29) is 0 Å². The highest BCUT2D eigenvalue weighted by Crippen LogP contribution is 2.35. The normalized spacial score (nSPS) is 12.1. The van der Waals surface area contributed by atoms with Crippen molar-refractivity contribution in [3.8, 4) is 11.5 Å². The Hall–Kier alpha value is -2.37. The third-order valence-electron chi connectivity index (χ3n) is 4.01. The van der Waals surface area contributed by atoms with Crippen LogP contribution in [0.15, 0.2) is 59.5 Å². The molecule has 0 amide bonds. The molecule has 24 heavy (non-hydrogen) atoms. The number of benzene rings is 3. The highest BCUT2D eigenvalue weighted by Gasteiger charge is 2.12. The minimum absolute atomic E-state index is 0.399. The van der Waals surface area contributed by atoms with Gasteiger partial charge in [-0.25, -0.2) is 4.21 Å². The lowest BCUT2D eigenvalue weighted by Gasteiger charge is -2.14. The first-order valence-electron chi connectivity index (χ1n) is 7.46. The Bertz CT molecular complexity index is 888. The second kappa shape index (κ2) is 7.03. The van der Waals surface area contributed by atoms with Gasteiger partial charge in [0.25, 0.3) is 0 Å². The van der Waals surface area contributed by atoms with E-state index in [2.05, 4.69) is 0 Å². The first-order chi connectivity index (χ1) is 11.6. The third kappa shape index (κ3) is 3.13. The monoisotopic (exact) mass is 342 g/mol. The summed E-state index contributed by atoms with van der Waals surface area (Å²) < 4.78 is 31.2. The van der Waals surface area contributed by atoms with Gasteiger partial charge in [-0.3, -0.25) is 0 Å². The molecule has 1 atom stereocenters. The Labute approximate surface area is 143 Å². The minimum atomic E-state index is -1.95. The van der Waals surface area contributed by atoms with Crippen LogP contribution in [-0.2, 0) is 17.5 Å². The second-order valence-electron chi connectivity index (χ2n) is 5.38. The summed E-state index contributed by atoms with van der Waals surface area (Å²) in [5, 5.41) is 2.02. The quantitative estimate of drug-likeness (QED) is 0.711. The van der Waals surface area contributed by atoms with E-state index >= 15 is 0 Å². The maximum atomic E-state index is 11.1. The van der Waals surface area contributed by atoms with Crippen LogP contribution in [-0.4, -0.2) is 23.0 Å². The van der Waals surface area contributed by atoms with Crippen molar-refractivity contribution in [3.63, 3.8) is 0 Å². The molecule has 1 unspecified atom stereocenters. The van der Waals surface area contributed by atoms with Gasteiger partial charge in [0.15, 0.2) is 11.1 Å². The largest absolute Gasteiger partial charge is 0.496 e. The molecule has 0 bridgehead atoms. The van der Waals surface area contributed by atoms with E-state index in [9.17, 15) is 4.21 Å². The number of hydrogen-bond acceptors (Lipinski definition) is 3. The van der Waals surface area contributed by atoms with Gasteiger partial charge >= 0.3 is 0 Å². The Kier molecular flexibility index (Phi) is 4.83. The number of ether oxygens (including phenoxy) is 2. The van der Waals surface area contributed by atoms with Gasteiger partial charge in [0.2, 0.25) is 0 Å². The van der Waals surface area contributed by atoms with E-state index in [1.54, 1.807) is 26.4 Å². The van der Waals surface area contributed by atoms with Crippen LogP contribution >= 0.6 is 0 Å². The highest BCUT2D eigenvalue weighted by molar-refractivity contribution is 7.79. The molecule has 0 aliphatic heterocycles. The Morgan fingerprint density at radius 3 is 2.25 bits per heavy atom. The fraction of sp³-hybridized carbons (Fsp3) is 0.158. The number of hydrogen-bond donors (Lipinski definition) is 1. The summed E-state index contributed by atoms with van der Waals surface area (Å²) in [6.07, 6.45) is 0.694. The fourth-order valence-electron chi connectivity index (χ4n) is 2.86. The lowest BCUT2D eigenvalue weighted by Crippen LogP contribution is -1.96. The van der Waals surface area contributed by atoms with Crippen molar-refractivity contribution in [1.82, 2.24) is 0 Å². The molecule has 1 N–H and O–H groups in total. The number of rotatable bonds is 5.